The largest absolute Gasteiger partial charge is 0.483 e. The van der Waals surface area contributed by atoms with Crippen LogP contribution in [-0.2, 0) is 20.9 Å². The third-order valence-electron chi connectivity index (χ3n) is 5.45. The summed E-state index contributed by atoms with van der Waals surface area (Å²) in [5.74, 6) is 0.117. The number of aliphatic hydroxyl groups excluding tert-OH is 1. The normalized spacial score (nSPS) is 29.4. The second kappa shape index (κ2) is 6.81. The van der Waals surface area contributed by atoms with E-state index in [4.69, 9.17) is 4.74 Å². The Morgan fingerprint density at radius 3 is 2.73 bits per heavy atom. The fourth-order valence-electron chi connectivity index (χ4n) is 4.03. The van der Waals surface area contributed by atoms with Crippen LogP contribution < -0.4 is 10.1 Å². The van der Waals surface area contributed by atoms with Crippen molar-refractivity contribution in [1.29, 1.82) is 0 Å². The van der Waals surface area contributed by atoms with Gasteiger partial charge in [-0.2, -0.15) is 0 Å². The first-order valence-electron chi connectivity index (χ1n) is 9.12. The number of piperidine rings is 1. The van der Waals surface area contributed by atoms with Gasteiger partial charge in [-0.3, -0.25) is 24.6 Å². The molecule has 4 rings (SSSR count). The molecule has 0 bridgehead atoms. The second-order valence-corrected chi connectivity index (χ2v) is 7.19. The second-order valence-electron chi connectivity index (χ2n) is 7.19. The molecule has 3 unspecified atom stereocenters. The van der Waals surface area contributed by atoms with Gasteiger partial charge in [0.15, 0.2) is 11.9 Å². The maximum atomic E-state index is 12.1. The summed E-state index contributed by atoms with van der Waals surface area (Å²) in [6.07, 6.45) is 2.61. The van der Waals surface area contributed by atoms with Crippen LogP contribution in [0.15, 0.2) is 18.2 Å². The summed E-state index contributed by atoms with van der Waals surface area (Å²) in [4.78, 5) is 37.1. The van der Waals surface area contributed by atoms with Gasteiger partial charge in [0.25, 0.3) is 0 Å². The predicted molar refractivity (Wildman–Crippen MR) is 91.0 cm³/mol. The Labute approximate surface area is 151 Å². The van der Waals surface area contributed by atoms with E-state index >= 15 is 0 Å². The van der Waals surface area contributed by atoms with Crippen LogP contribution in [0.5, 0.6) is 5.75 Å². The Morgan fingerprint density at radius 1 is 1.12 bits per heavy atom. The van der Waals surface area contributed by atoms with Crippen molar-refractivity contribution in [3.8, 4) is 5.75 Å². The van der Waals surface area contributed by atoms with Crippen LogP contribution in [0.4, 0.5) is 0 Å². The molecule has 2 amide bonds. The standard InChI is InChI=1S/C19H22N2O5/c22-15-3-1-2-4-16(15)26-12-5-6-13-11(9-12)10-21(19(13)25)14-7-8-17(23)20-18(14)24/h5-6,9,14,16,19,25H,1-4,7-8,10H2,(H,20,23,24). The number of Topliss-reactive ketones (excluding diaryl/α,β-unsaturated/α-hetero) is 1. The zero-order valence-corrected chi connectivity index (χ0v) is 14.4. The first-order chi connectivity index (χ1) is 12.5. The number of rotatable bonds is 3. The number of benzene rings is 1. The number of ketones is 1. The third-order valence-corrected chi connectivity index (χ3v) is 5.45. The number of aliphatic hydroxyl groups is 1. The molecule has 0 aromatic heterocycles. The van der Waals surface area contributed by atoms with E-state index in [-0.39, 0.29) is 30.1 Å². The fourth-order valence-corrected chi connectivity index (χ4v) is 4.03. The van der Waals surface area contributed by atoms with Crippen LogP contribution in [0.3, 0.4) is 0 Å². The summed E-state index contributed by atoms with van der Waals surface area (Å²) < 4.78 is 5.87. The number of hydrogen-bond acceptors (Lipinski definition) is 6. The SMILES string of the molecule is O=C1CCC(N2Cc3cc(OC4CCCCC4=O)ccc3C2O)C(=O)N1. The molecule has 3 atom stereocenters. The van der Waals surface area contributed by atoms with Crippen LogP contribution in [0.25, 0.3) is 0 Å². The van der Waals surface area contributed by atoms with Gasteiger partial charge in [-0.05, 0) is 43.4 Å². The minimum absolute atomic E-state index is 0.141. The molecule has 1 aromatic carbocycles. The zero-order valence-electron chi connectivity index (χ0n) is 14.4. The van der Waals surface area contributed by atoms with Crippen molar-refractivity contribution in [2.75, 3.05) is 0 Å². The highest BCUT2D eigenvalue weighted by molar-refractivity contribution is 6.00. The van der Waals surface area contributed by atoms with E-state index in [0.29, 0.717) is 25.1 Å². The number of nitrogens with zero attached hydrogens (tertiary/aromatic N) is 1. The molecule has 2 aliphatic heterocycles. The predicted octanol–water partition coefficient (Wildman–Crippen LogP) is 1.19. The third kappa shape index (κ3) is 3.12. The van der Waals surface area contributed by atoms with E-state index in [1.54, 1.807) is 17.0 Å². The number of amides is 2. The van der Waals surface area contributed by atoms with Crippen molar-refractivity contribution in [1.82, 2.24) is 10.2 Å². The summed E-state index contributed by atoms with van der Waals surface area (Å²) in [6.45, 7) is 0.401. The Bertz CT molecular complexity index is 762. The molecule has 7 heteroatoms. The monoisotopic (exact) mass is 358 g/mol. The van der Waals surface area contributed by atoms with E-state index < -0.39 is 12.3 Å². The molecule has 1 saturated carbocycles. The number of carbonyl (C=O) groups is 3. The molecule has 2 N–H and O–H groups in total. The van der Waals surface area contributed by atoms with Gasteiger partial charge in [-0.1, -0.05) is 6.07 Å². The van der Waals surface area contributed by atoms with Crippen LogP contribution in [-0.4, -0.2) is 39.7 Å². The van der Waals surface area contributed by atoms with Crippen LogP contribution >= 0.6 is 0 Å². The van der Waals surface area contributed by atoms with Gasteiger partial charge < -0.3 is 9.84 Å². The van der Waals surface area contributed by atoms with Crippen molar-refractivity contribution in [3.05, 3.63) is 29.3 Å². The summed E-state index contributed by atoms with van der Waals surface area (Å²) in [5, 5.41) is 12.9. The molecule has 1 aliphatic carbocycles. The summed E-state index contributed by atoms with van der Waals surface area (Å²) >= 11 is 0. The molecule has 138 valence electrons. The molecular formula is C19H22N2O5. The summed E-state index contributed by atoms with van der Waals surface area (Å²) in [7, 11) is 0. The van der Waals surface area contributed by atoms with Gasteiger partial charge >= 0.3 is 0 Å². The Kier molecular flexibility index (Phi) is 4.50. The maximum absolute atomic E-state index is 12.1. The van der Waals surface area contributed by atoms with E-state index in [9.17, 15) is 19.5 Å². The lowest BCUT2D eigenvalue weighted by atomic mass is 9.96. The highest BCUT2D eigenvalue weighted by Gasteiger charge is 2.39. The highest BCUT2D eigenvalue weighted by Crippen LogP contribution is 2.37. The maximum Gasteiger partial charge on any atom is 0.244 e. The van der Waals surface area contributed by atoms with Gasteiger partial charge in [0.1, 0.15) is 12.0 Å². The fraction of sp³-hybridized carbons (Fsp3) is 0.526. The van der Waals surface area contributed by atoms with Crippen molar-refractivity contribution >= 4 is 17.6 Å². The molecule has 2 fully saturated rings. The molecule has 7 nitrogen and oxygen atoms in total. The highest BCUT2D eigenvalue weighted by atomic mass is 16.5. The minimum atomic E-state index is -0.890. The minimum Gasteiger partial charge on any atom is -0.483 e. The lowest BCUT2D eigenvalue weighted by Crippen LogP contribution is -2.51. The number of carbonyl (C=O) groups excluding carboxylic acids is 3. The summed E-state index contributed by atoms with van der Waals surface area (Å²) in [5.41, 5.74) is 1.61. The Balaban J connectivity index is 1.49. The molecule has 2 heterocycles. The molecule has 3 aliphatic rings. The molecule has 1 aromatic rings. The number of ether oxygens (including phenoxy) is 1. The van der Waals surface area contributed by atoms with Crippen molar-refractivity contribution in [2.24, 2.45) is 0 Å². The van der Waals surface area contributed by atoms with Crippen LogP contribution in [0.2, 0.25) is 0 Å². The average molecular weight is 358 g/mol. The lowest BCUT2D eigenvalue weighted by Gasteiger charge is -2.31. The topological polar surface area (TPSA) is 95.9 Å². The molecule has 26 heavy (non-hydrogen) atoms. The van der Waals surface area contributed by atoms with Crippen LogP contribution in [0.1, 0.15) is 55.9 Å². The summed E-state index contributed by atoms with van der Waals surface area (Å²) in [6, 6.07) is 4.86. The molecular weight excluding hydrogens is 336 g/mol. The first kappa shape index (κ1) is 17.2. The average Bonchev–Trinajstić information content (AvgIpc) is 2.93. The van der Waals surface area contributed by atoms with Gasteiger partial charge in [0.2, 0.25) is 11.8 Å². The quantitative estimate of drug-likeness (QED) is 0.788. The Hall–Kier alpha value is -2.25. The number of imide groups is 1. The zero-order chi connectivity index (χ0) is 18.3. The van der Waals surface area contributed by atoms with Gasteiger partial charge in [0.05, 0.1) is 6.04 Å². The number of hydrogen-bond donors (Lipinski definition) is 2. The van der Waals surface area contributed by atoms with Crippen molar-refractivity contribution in [2.45, 2.75) is 63.4 Å². The van der Waals surface area contributed by atoms with E-state index in [1.807, 2.05) is 6.07 Å². The number of fused-ring (bicyclic) bond motifs is 1. The smallest absolute Gasteiger partial charge is 0.244 e. The van der Waals surface area contributed by atoms with E-state index in [0.717, 1.165) is 30.4 Å². The van der Waals surface area contributed by atoms with E-state index in [2.05, 4.69) is 5.32 Å². The lowest BCUT2D eigenvalue weighted by molar-refractivity contribution is -0.141. The van der Waals surface area contributed by atoms with Crippen molar-refractivity contribution < 1.29 is 24.2 Å². The first-order valence-corrected chi connectivity index (χ1v) is 9.12. The Morgan fingerprint density at radius 2 is 1.96 bits per heavy atom. The van der Waals surface area contributed by atoms with Crippen molar-refractivity contribution in [3.63, 3.8) is 0 Å². The van der Waals surface area contributed by atoms with Crippen LogP contribution in [0, 0.1) is 0 Å². The van der Waals surface area contributed by atoms with Gasteiger partial charge in [0, 0.05) is 24.9 Å². The van der Waals surface area contributed by atoms with Gasteiger partial charge in [-0.25, -0.2) is 0 Å². The molecule has 1 saturated heterocycles. The molecule has 0 spiro atoms. The molecule has 0 radical (unpaired) electrons. The van der Waals surface area contributed by atoms with E-state index in [1.165, 1.54) is 0 Å². The van der Waals surface area contributed by atoms with Gasteiger partial charge in [-0.15, -0.1) is 0 Å². The number of nitrogens with one attached hydrogen (secondary N) is 1.